The number of esters is 2. The molecule has 5 rings (SSSR count). The van der Waals surface area contributed by atoms with E-state index in [0.717, 1.165) is 0 Å². The highest BCUT2D eigenvalue weighted by atomic mass is 16.5. The van der Waals surface area contributed by atoms with E-state index in [4.69, 9.17) is 19.9 Å². The standard InChI is InChI=1S/C31H26N4O6/c1-4-41-19-11-13-23-21(15-19)28(36)20-12-10-18(14-24(20)34-23)35-27(31(38)40-3)26(30(37)39-2)25(22(16-32)29(35)33)17-8-6-5-7-9-17/h5-15,25H,4,33H2,1-3H3,(H,34,36). The Morgan fingerprint density at radius 1 is 0.976 bits per heavy atom. The summed E-state index contributed by atoms with van der Waals surface area (Å²) in [7, 11) is 2.37. The van der Waals surface area contributed by atoms with Crippen LogP contribution < -0.4 is 20.8 Å². The minimum Gasteiger partial charge on any atom is -0.494 e. The molecule has 0 saturated heterocycles. The summed E-state index contributed by atoms with van der Waals surface area (Å²) in [5.74, 6) is -2.16. The van der Waals surface area contributed by atoms with Gasteiger partial charge in [0.15, 0.2) is 5.43 Å². The first-order valence-electron chi connectivity index (χ1n) is 12.7. The van der Waals surface area contributed by atoms with Crippen molar-refractivity contribution in [3.05, 3.63) is 105 Å². The first-order chi connectivity index (χ1) is 19.8. The Labute approximate surface area is 234 Å². The lowest BCUT2D eigenvalue weighted by atomic mass is 9.81. The number of carbonyl (C=O) groups is 2. The van der Waals surface area contributed by atoms with E-state index in [1.54, 1.807) is 66.7 Å². The topological polar surface area (TPSA) is 148 Å². The van der Waals surface area contributed by atoms with Gasteiger partial charge in [-0.2, -0.15) is 5.26 Å². The van der Waals surface area contributed by atoms with Crippen LogP contribution in [0.3, 0.4) is 0 Å². The Balaban J connectivity index is 1.78. The first-order valence-corrected chi connectivity index (χ1v) is 12.7. The van der Waals surface area contributed by atoms with Gasteiger partial charge < -0.3 is 24.9 Å². The number of rotatable bonds is 6. The third-order valence-electron chi connectivity index (χ3n) is 6.93. The van der Waals surface area contributed by atoms with Crippen LogP contribution in [0.4, 0.5) is 5.69 Å². The number of H-pyrrole nitrogens is 1. The second-order valence-electron chi connectivity index (χ2n) is 9.16. The van der Waals surface area contributed by atoms with Crippen molar-refractivity contribution in [1.82, 2.24) is 4.98 Å². The summed E-state index contributed by atoms with van der Waals surface area (Å²) in [6, 6.07) is 20.8. The van der Waals surface area contributed by atoms with Crippen molar-refractivity contribution >= 4 is 39.4 Å². The molecule has 206 valence electrons. The van der Waals surface area contributed by atoms with E-state index < -0.39 is 17.9 Å². The fourth-order valence-corrected chi connectivity index (χ4v) is 5.12. The summed E-state index contributed by atoms with van der Waals surface area (Å²) in [6.45, 7) is 2.32. The Hall–Kier alpha value is -5.56. The molecule has 10 heteroatoms. The summed E-state index contributed by atoms with van der Waals surface area (Å²) in [6.07, 6.45) is 0. The largest absolute Gasteiger partial charge is 0.494 e. The van der Waals surface area contributed by atoms with Gasteiger partial charge in [-0.25, -0.2) is 9.59 Å². The molecule has 0 bridgehead atoms. The predicted octanol–water partition coefficient (Wildman–Crippen LogP) is 3.98. The van der Waals surface area contributed by atoms with Crippen LogP contribution in [0.25, 0.3) is 21.8 Å². The van der Waals surface area contributed by atoms with Crippen molar-refractivity contribution in [2.45, 2.75) is 12.8 Å². The van der Waals surface area contributed by atoms with Gasteiger partial charge in [-0.1, -0.05) is 30.3 Å². The number of methoxy groups -OCH3 is 2. The summed E-state index contributed by atoms with van der Waals surface area (Å²) in [5, 5.41) is 11.1. The number of nitrogens with one attached hydrogen (secondary N) is 1. The molecule has 0 radical (unpaired) electrons. The highest BCUT2D eigenvalue weighted by Gasteiger charge is 2.43. The Morgan fingerprint density at radius 3 is 2.37 bits per heavy atom. The van der Waals surface area contributed by atoms with Crippen LogP contribution >= 0.6 is 0 Å². The molecule has 41 heavy (non-hydrogen) atoms. The number of aromatic nitrogens is 1. The summed E-state index contributed by atoms with van der Waals surface area (Å²) in [5.41, 5.74) is 8.02. The number of aromatic amines is 1. The van der Waals surface area contributed by atoms with Gasteiger partial charge in [0, 0.05) is 16.5 Å². The Kier molecular flexibility index (Phi) is 7.18. The van der Waals surface area contributed by atoms with Gasteiger partial charge in [0.1, 0.15) is 17.3 Å². The molecule has 0 fully saturated rings. The van der Waals surface area contributed by atoms with E-state index in [2.05, 4.69) is 11.1 Å². The number of nitrogens with two attached hydrogens (primary N) is 1. The fourth-order valence-electron chi connectivity index (χ4n) is 5.12. The molecule has 2 heterocycles. The van der Waals surface area contributed by atoms with Crippen molar-refractivity contribution in [1.29, 1.82) is 5.26 Å². The molecule has 0 spiro atoms. The molecule has 3 aromatic carbocycles. The lowest BCUT2D eigenvalue weighted by molar-refractivity contribution is -0.139. The normalized spacial score (nSPS) is 15.2. The zero-order valence-electron chi connectivity index (χ0n) is 22.6. The third kappa shape index (κ3) is 4.53. The van der Waals surface area contributed by atoms with Gasteiger partial charge in [0.25, 0.3) is 0 Å². The zero-order chi connectivity index (χ0) is 29.3. The van der Waals surface area contributed by atoms with Crippen LogP contribution in [0, 0.1) is 11.3 Å². The zero-order valence-corrected chi connectivity index (χ0v) is 22.6. The second-order valence-corrected chi connectivity index (χ2v) is 9.16. The Bertz CT molecular complexity index is 1870. The summed E-state index contributed by atoms with van der Waals surface area (Å²) in [4.78, 5) is 44.5. The van der Waals surface area contributed by atoms with E-state index in [1.165, 1.54) is 19.1 Å². The number of allylic oxidation sites excluding steroid dienone is 1. The van der Waals surface area contributed by atoms with Gasteiger partial charge in [-0.05, 0) is 48.9 Å². The van der Waals surface area contributed by atoms with Crippen LogP contribution in [0.5, 0.6) is 5.75 Å². The predicted molar refractivity (Wildman–Crippen MR) is 153 cm³/mol. The Morgan fingerprint density at radius 2 is 1.71 bits per heavy atom. The number of benzene rings is 3. The molecular weight excluding hydrogens is 524 g/mol. The monoisotopic (exact) mass is 550 g/mol. The van der Waals surface area contributed by atoms with Gasteiger partial charge in [-0.15, -0.1) is 0 Å². The number of ether oxygens (including phenoxy) is 3. The average molecular weight is 551 g/mol. The second kappa shape index (κ2) is 10.9. The van der Waals surface area contributed by atoms with Crippen LogP contribution in [0.2, 0.25) is 0 Å². The number of hydrogen-bond acceptors (Lipinski definition) is 9. The van der Waals surface area contributed by atoms with Crippen molar-refractivity contribution in [3.63, 3.8) is 0 Å². The van der Waals surface area contributed by atoms with Gasteiger partial charge in [0.2, 0.25) is 0 Å². The lowest BCUT2D eigenvalue weighted by Crippen LogP contribution is -2.40. The molecule has 1 aliphatic heterocycles. The SMILES string of the molecule is CCOc1ccc2[nH]c3cc(N4C(N)=C(C#N)C(c5ccccc5)C(C(=O)OC)=C4C(=O)OC)ccc3c(=O)c2c1. The number of nitriles is 1. The molecule has 1 aliphatic rings. The van der Waals surface area contributed by atoms with E-state index >= 15 is 0 Å². The molecular formula is C31H26N4O6. The van der Waals surface area contributed by atoms with Crippen LogP contribution in [0.15, 0.2) is 94.2 Å². The quantitative estimate of drug-likeness (QED) is 0.269. The van der Waals surface area contributed by atoms with E-state index in [1.807, 2.05) is 6.92 Å². The van der Waals surface area contributed by atoms with Gasteiger partial charge >= 0.3 is 11.9 Å². The average Bonchev–Trinajstić information content (AvgIpc) is 3.00. The molecule has 3 N–H and O–H groups in total. The molecule has 1 aromatic heterocycles. The number of pyridine rings is 1. The van der Waals surface area contributed by atoms with E-state index in [0.29, 0.717) is 45.4 Å². The van der Waals surface area contributed by atoms with Crippen LogP contribution in [-0.2, 0) is 19.1 Å². The molecule has 1 atom stereocenters. The van der Waals surface area contributed by atoms with Crippen LogP contribution in [-0.4, -0.2) is 37.7 Å². The van der Waals surface area contributed by atoms with Crippen molar-refractivity contribution in [3.8, 4) is 11.8 Å². The maximum absolute atomic E-state index is 13.4. The molecule has 0 saturated carbocycles. The van der Waals surface area contributed by atoms with Crippen LogP contribution in [0.1, 0.15) is 18.4 Å². The third-order valence-corrected chi connectivity index (χ3v) is 6.93. The van der Waals surface area contributed by atoms with E-state index in [-0.39, 0.29) is 28.1 Å². The molecule has 4 aromatic rings. The lowest BCUT2D eigenvalue weighted by Gasteiger charge is -2.36. The van der Waals surface area contributed by atoms with Gasteiger partial charge in [-0.3, -0.25) is 9.69 Å². The minimum absolute atomic E-state index is 0.0415. The maximum Gasteiger partial charge on any atom is 0.355 e. The van der Waals surface area contributed by atoms with E-state index in [9.17, 15) is 19.6 Å². The number of fused-ring (bicyclic) bond motifs is 2. The van der Waals surface area contributed by atoms with Crippen molar-refractivity contribution in [2.75, 3.05) is 25.7 Å². The summed E-state index contributed by atoms with van der Waals surface area (Å²) >= 11 is 0. The number of carbonyl (C=O) groups excluding carboxylic acids is 2. The maximum atomic E-state index is 13.4. The van der Waals surface area contributed by atoms with Crippen molar-refractivity contribution < 1.29 is 23.8 Å². The molecule has 0 aliphatic carbocycles. The molecule has 10 nitrogen and oxygen atoms in total. The first kappa shape index (κ1) is 27.0. The molecule has 1 unspecified atom stereocenters. The number of nitrogens with zero attached hydrogens (tertiary/aromatic N) is 2. The highest BCUT2D eigenvalue weighted by molar-refractivity contribution is 6.07. The highest BCUT2D eigenvalue weighted by Crippen LogP contribution is 2.43. The summed E-state index contributed by atoms with van der Waals surface area (Å²) < 4.78 is 15.7. The smallest absolute Gasteiger partial charge is 0.355 e. The van der Waals surface area contributed by atoms with Crippen molar-refractivity contribution in [2.24, 2.45) is 5.73 Å². The van der Waals surface area contributed by atoms with Gasteiger partial charge in [0.05, 0.1) is 55.0 Å². The number of hydrogen-bond donors (Lipinski definition) is 2. The minimum atomic E-state index is -0.984. The fraction of sp³-hybridized carbons (Fsp3) is 0.161. The number of anilines is 1. The molecule has 0 amide bonds.